The SMILES string of the molecule is C=C(C)Nc1c(CC(=O)OC(C)(C)CC#N)c(Br)cn(C)c1=O. The van der Waals surface area contributed by atoms with E-state index in [2.05, 4.69) is 27.8 Å². The number of aromatic nitrogens is 1. The summed E-state index contributed by atoms with van der Waals surface area (Å²) in [5.74, 6) is -0.510. The van der Waals surface area contributed by atoms with Gasteiger partial charge in [0.05, 0.1) is 18.9 Å². The van der Waals surface area contributed by atoms with Crippen molar-refractivity contribution in [2.45, 2.75) is 39.2 Å². The minimum Gasteiger partial charge on any atom is -0.458 e. The minimum atomic E-state index is -0.875. The molecular weight excluding hydrogens is 362 g/mol. The van der Waals surface area contributed by atoms with Gasteiger partial charge in [0, 0.05) is 29.0 Å². The molecule has 0 aromatic carbocycles. The van der Waals surface area contributed by atoms with Gasteiger partial charge in [0.15, 0.2) is 0 Å². The molecule has 1 aromatic heterocycles. The van der Waals surface area contributed by atoms with Gasteiger partial charge in [0.2, 0.25) is 0 Å². The zero-order chi connectivity index (χ0) is 17.8. The number of nitrogens with one attached hydrogen (secondary N) is 1. The first-order valence-corrected chi connectivity index (χ1v) is 7.76. The number of anilines is 1. The summed E-state index contributed by atoms with van der Waals surface area (Å²) in [6.07, 6.45) is 1.59. The van der Waals surface area contributed by atoms with Gasteiger partial charge in [-0.3, -0.25) is 9.59 Å². The summed E-state index contributed by atoms with van der Waals surface area (Å²) in [4.78, 5) is 24.5. The van der Waals surface area contributed by atoms with Gasteiger partial charge in [-0.2, -0.15) is 5.26 Å². The Kier molecular flexibility index (Phi) is 6.16. The molecule has 1 aromatic rings. The smallest absolute Gasteiger partial charge is 0.310 e. The third-order valence-electron chi connectivity index (χ3n) is 2.99. The van der Waals surface area contributed by atoms with E-state index >= 15 is 0 Å². The highest BCUT2D eigenvalue weighted by molar-refractivity contribution is 9.10. The maximum atomic E-state index is 12.3. The molecule has 0 atom stereocenters. The van der Waals surface area contributed by atoms with Crippen LogP contribution in [0.1, 0.15) is 32.8 Å². The largest absolute Gasteiger partial charge is 0.458 e. The molecule has 0 saturated carbocycles. The normalized spacial score (nSPS) is 10.8. The predicted octanol–water partition coefficient (Wildman–Crippen LogP) is 2.87. The van der Waals surface area contributed by atoms with E-state index in [-0.39, 0.29) is 24.1 Å². The van der Waals surface area contributed by atoms with Crippen LogP contribution in [-0.4, -0.2) is 16.1 Å². The molecule has 0 aliphatic carbocycles. The van der Waals surface area contributed by atoms with E-state index in [1.54, 1.807) is 34.0 Å². The summed E-state index contributed by atoms with van der Waals surface area (Å²) >= 11 is 3.37. The Bertz CT molecular complexity index is 729. The quantitative estimate of drug-likeness (QED) is 0.765. The molecule has 0 aliphatic rings. The van der Waals surface area contributed by atoms with Crippen molar-refractivity contribution < 1.29 is 9.53 Å². The third kappa shape index (κ3) is 5.25. The number of ether oxygens (including phenoxy) is 1. The molecule has 1 rings (SSSR count). The van der Waals surface area contributed by atoms with Gasteiger partial charge in [0.25, 0.3) is 5.56 Å². The van der Waals surface area contributed by atoms with E-state index in [1.165, 1.54) is 4.57 Å². The summed E-state index contributed by atoms with van der Waals surface area (Å²) in [5, 5.41) is 11.6. The number of carbonyl (C=O) groups excluding carboxylic acids is 1. The molecule has 0 aliphatic heterocycles. The maximum Gasteiger partial charge on any atom is 0.310 e. The zero-order valence-electron chi connectivity index (χ0n) is 13.7. The molecule has 0 radical (unpaired) electrons. The van der Waals surface area contributed by atoms with E-state index < -0.39 is 11.6 Å². The molecule has 6 nitrogen and oxygen atoms in total. The number of hydrogen-bond donors (Lipinski definition) is 1. The van der Waals surface area contributed by atoms with Crippen LogP contribution in [0.15, 0.2) is 27.7 Å². The second-order valence-corrected chi connectivity index (χ2v) is 6.75. The van der Waals surface area contributed by atoms with Crippen molar-refractivity contribution in [3.63, 3.8) is 0 Å². The Hall–Kier alpha value is -2.07. The maximum absolute atomic E-state index is 12.3. The van der Waals surface area contributed by atoms with E-state index in [0.717, 1.165) is 0 Å². The standard InChI is InChI=1S/C16H20BrN3O3/c1-10(2)19-14-11(12(17)9-20(5)15(14)22)8-13(21)23-16(3,4)6-7-18/h9,19H,1,6,8H2,2-5H3. The van der Waals surface area contributed by atoms with Gasteiger partial charge >= 0.3 is 5.97 Å². The summed E-state index contributed by atoms with van der Waals surface area (Å²) in [7, 11) is 1.62. The van der Waals surface area contributed by atoms with Crippen molar-refractivity contribution in [3.05, 3.63) is 38.9 Å². The molecular formula is C16H20BrN3O3. The van der Waals surface area contributed by atoms with Crippen LogP contribution >= 0.6 is 15.9 Å². The fourth-order valence-corrected chi connectivity index (χ4v) is 2.61. The highest BCUT2D eigenvalue weighted by Crippen LogP contribution is 2.24. The van der Waals surface area contributed by atoms with Crippen molar-refractivity contribution in [1.29, 1.82) is 5.26 Å². The highest BCUT2D eigenvalue weighted by atomic mass is 79.9. The molecule has 0 spiro atoms. The summed E-state index contributed by atoms with van der Waals surface area (Å²) < 4.78 is 7.34. The molecule has 1 heterocycles. The molecule has 7 heteroatoms. The van der Waals surface area contributed by atoms with Gasteiger partial charge in [-0.15, -0.1) is 0 Å². The van der Waals surface area contributed by atoms with Gasteiger partial charge in [-0.25, -0.2) is 0 Å². The van der Waals surface area contributed by atoms with Crippen LogP contribution in [-0.2, 0) is 23.0 Å². The number of halogens is 1. The Morgan fingerprint density at radius 1 is 1.57 bits per heavy atom. The lowest BCUT2D eigenvalue weighted by molar-refractivity contribution is -0.155. The number of hydrogen-bond acceptors (Lipinski definition) is 5. The van der Waals surface area contributed by atoms with Crippen LogP contribution in [0.25, 0.3) is 0 Å². The van der Waals surface area contributed by atoms with Crippen LogP contribution in [0.4, 0.5) is 5.69 Å². The van der Waals surface area contributed by atoms with Crippen LogP contribution < -0.4 is 10.9 Å². The lowest BCUT2D eigenvalue weighted by Gasteiger charge is -2.22. The molecule has 124 valence electrons. The first kappa shape index (κ1) is 19.0. The monoisotopic (exact) mass is 381 g/mol. The van der Waals surface area contributed by atoms with Crippen LogP contribution in [0, 0.1) is 11.3 Å². The summed E-state index contributed by atoms with van der Waals surface area (Å²) in [6, 6.07) is 1.98. The van der Waals surface area contributed by atoms with Crippen molar-refractivity contribution in [3.8, 4) is 6.07 Å². The lowest BCUT2D eigenvalue weighted by Crippen LogP contribution is -2.29. The Morgan fingerprint density at radius 2 is 2.17 bits per heavy atom. The predicted molar refractivity (Wildman–Crippen MR) is 91.9 cm³/mol. The molecule has 0 fully saturated rings. The molecule has 0 unspecified atom stereocenters. The number of pyridine rings is 1. The fourth-order valence-electron chi connectivity index (χ4n) is 1.96. The van der Waals surface area contributed by atoms with Gasteiger partial charge in [-0.05, 0) is 36.7 Å². The number of nitrogens with zero attached hydrogens (tertiary/aromatic N) is 2. The van der Waals surface area contributed by atoms with Gasteiger partial charge in [0.1, 0.15) is 11.3 Å². The number of nitriles is 1. The topological polar surface area (TPSA) is 84.1 Å². The van der Waals surface area contributed by atoms with Crippen molar-refractivity contribution >= 4 is 27.6 Å². The number of esters is 1. The number of allylic oxidation sites excluding steroid dienone is 1. The average Bonchev–Trinajstić information content (AvgIpc) is 2.38. The Balaban J connectivity index is 3.15. The highest BCUT2D eigenvalue weighted by Gasteiger charge is 2.24. The number of carbonyl (C=O) groups is 1. The van der Waals surface area contributed by atoms with Crippen LogP contribution in [0.3, 0.4) is 0 Å². The van der Waals surface area contributed by atoms with Crippen LogP contribution in [0.2, 0.25) is 0 Å². The minimum absolute atomic E-state index is 0.0906. The van der Waals surface area contributed by atoms with E-state index in [0.29, 0.717) is 15.7 Å². The van der Waals surface area contributed by atoms with Crippen molar-refractivity contribution in [1.82, 2.24) is 4.57 Å². The number of aryl methyl sites for hydroxylation is 1. The molecule has 0 saturated heterocycles. The zero-order valence-corrected chi connectivity index (χ0v) is 15.3. The first-order chi connectivity index (χ1) is 10.6. The Labute approximate surface area is 143 Å². The first-order valence-electron chi connectivity index (χ1n) is 6.96. The fraction of sp³-hybridized carbons (Fsp3) is 0.438. The van der Waals surface area contributed by atoms with E-state index in [9.17, 15) is 9.59 Å². The second-order valence-electron chi connectivity index (χ2n) is 5.90. The molecule has 0 bridgehead atoms. The van der Waals surface area contributed by atoms with Gasteiger partial charge < -0.3 is 14.6 Å². The van der Waals surface area contributed by atoms with E-state index in [1.807, 2.05) is 6.07 Å². The van der Waals surface area contributed by atoms with Crippen molar-refractivity contribution in [2.24, 2.45) is 7.05 Å². The lowest BCUT2D eigenvalue weighted by atomic mass is 10.1. The summed E-state index contributed by atoms with van der Waals surface area (Å²) in [6.45, 7) is 8.78. The molecule has 23 heavy (non-hydrogen) atoms. The number of rotatable bonds is 6. The molecule has 0 amide bonds. The van der Waals surface area contributed by atoms with E-state index in [4.69, 9.17) is 10.00 Å². The van der Waals surface area contributed by atoms with Gasteiger partial charge in [-0.1, -0.05) is 6.58 Å². The third-order valence-corrected chi connectivity index (χ3v) is 3.67. The second kappa shape index (κ2) is 7.47. The van der Waals surface area contributed by atoms with Crippen molar-refractivity contribution in [2.75, 3.05) is 5.32 Å². The van der Waals surface area contributed by atoms with Crippen LogP contribution in [0.5, 0.6) is 0 Å². The molecule has 1 N–H and O–H groups in total. The Morgan fingerprint density at radius 3 is 2.70 bits per heavy atom. The average molecular weight is 382 g/mol. The summed E-state index contributed by atoms with van der Waals surface area (Å²) in [5.41, 5.74) is 0.216.